The maximum Gasteiger partial charge on any atom is 0.358 e. The number of carbonyl (C=O) groups is 1. The Labute approximate surface area is 93.2 Å². The van der Waals surface area contributed by atoms with E-state index in [-0.39, 0.29) is 0 Å². The SMILES string of the molecule is COC(=O)c1nc(C(F)F)c(F)c(N)c1Cl. The zero-order chi connectivity index (χ0) is 12.5. The smallest absolute Gasteiger partial charge is 0.358 e. The molecule has 0 amide bonds. The van der Waals surface area contributed by atoms with Gasteiger partial charge in [-0.3, -0.25) is 0 Å². The molecule has 0 atom stereocenters. The van der Waals surface area contributed by atoms with Crippen LogP contribution >= 0.6 is 11.6 Å². The maximum absolute atomic E-state index is 13.2. The van der Waals surface area contributed by atoms with E-state index < -0.39 is 40.3 Å². The molecule has 8 heteroatoms. The highest BCUT2D eigenvalue weighted by atomic mass is 35.5. The lowest BCUT2D eigenvalue weighted by Gasteiger charge is -2.09. The molecule has 1 aromatic rings. The molecule has 4 nitrogen and oxygen atoms in total. The third-order valence-corrected chi connectivity index (χ3v) is 2.11. The van der Waals surface area contributed by atoms with Crippen LogP contribution in [0.3, 0.4) is 0 Å². The van der Waals surface area contributed by atoms with Crippen LogP contribution in [0.2, 0.25) is 5.02 Å². The summed E-state index contributed by atoms with van der Waals surface area (Å²) in [6, 6.07) is 0. The van der Waals surface area contributed by atoms with Gasteiger partial charge >= 0.3 is 5.97 Å². The van der Waals surface area contributed by atoms with E-state index in [1.807, 2.05) is 0 Å². The van der Waals surface area contributed by atoms with Crippen LogP contribution in [-0.4, -0.2) is 18.1 Å². The lowest BCUT2D eigenvalue weighted by molar-refractivity contribution is 0.0592. The van der Waals surface area contributed by atoms with Crippen LogP contribution < -0.4 is 5.73 Å². The molecule has 0 fully saturated rings. The number of ether oxygens (including phenoxy) is 1. The Balaban J connectivity index is 3.47. The highest BCUT2D eigenvalue weighted by Crippen LogP contribution is 2.31. The van der Waals surface area contributed by atoms with Gasteiger partial charge in [0, 0.05) is 0 Å². The monoisotopic (exact) mass is 254 g/mol. The number of nitrogen functional groups attached to an aromatic ring is 1. The molecule has 0 bridgehead atoms. The third-order valence-electron chi connectivity index (χ3n) is 1.72. The predicted octanol–water partition coefficient (Wildman–Crippen LogP) is 2.18. The van der Waals surface area contributed by atoms with Crippen molar-refractivity contribution in [2.75, 3.05) is 12.8 Å². The summed E-state index contributed by atoms with van der Waals surface area (Å²) < 4.78 is 42.1. The average molecular weight is 255 g/mol. The number of hydrogen-bond acceptors (Lipinski definition) is 4. The first-order chi connectivity index (χ1) is 7.40. The Kier molecular flexibility index (Phi) is 3.58. The Morgan fingerprint density at radius 3 is 2.56 bits per heavy atom. The van der Waals surface area contributed by atoms with Gasteiger partial charge < -0.3 is 10.5 Å². The summed E-state index contributed by atoms with van der Waals surface area (Å²) in [6.07, 6.45) is -3.21. The number of hydrogen-bond donors (Lipinski definition) is 1. The summed E-state index contributed by atoms with van der Waals surface area (Å²) in [7, 11) is 1.00. The Hall–Kier alpha value is -1.50. The molecule has 88 valence electrons. The molecule has 16 heavy (non-hydrogen) atoms. The summed E-state index contributed by atoms with van der Waals surface area (Å²) in [6.45, 7) is 0. The molecule has 0 aromatic carbocycles. The number of halogens is 4. The van der Waals surface area contributed by atoms with Gasteiger partial charge in [-0.05, 0) is 0 Å². The molecule has 0 saturated carbocycles. The van der Waals surface area contributed by atoms with Gasteiger partial charge in [0.1, 0.15) is 5.69 Å². The first kappa shape index (κ1) is 12.6. The molecule has 0 unspecified atom stereocenters. The fourth-order valence-corrected chi connectivity index (χ4v) is 1.16. The van der Waals surface area contributed by atoms with E-state index in [0.29, 0.717) is 0 Å². The van der Waals surface area contributed by atoms with Gasteiger partial charge in [-0.15, -0.1) is 0 Å². The van der Waals surface area contributed by atoms with Crippen molar-refractivity contribution in [2.45, 2.75) is 6.43 Å². The van der Waals surface area contributed by atoms with Crippen LogP contribution in [0.1, 0.15) is 22.6 Å². The number of pyridine rings is 1. The van der Waals surface area contributed by atoms with E-state index in [1.165, 1.54) is 0 Å². The molecule has 0 spiro atoms. The minimum Gasteiger partial charge on any atom is -0.464 e. The number of alkyl halides is 2. The quantitative estimate of drug-likeness (QED) is 0.822. The van der Waals surface area contributed by atoms with Crippen LogP contribution in [0.5, 0.6) is 0 Å². The van der Waals surface area contributed by atoms with E-state index in [2.05, 4.69) is 9.72 Å². The van der Waals surface area contributed by atoms with Crippen molar-refractivity contribution < 1.29 is 22.7 Å². The lowest BCUT2D eigenvalue weighted by atomic mass is 10.2. The number of methoxy groups -OCH3 is 1. The molecule has 1 rings (SSSR count). The number of nitrogens with two attached hydrogens (primary N) is 1. The summed E-state index contributed by atoms with van der Waals surface area (Å²) >= 11 is 5.48. The van der Waals surface area contributed by atoms with Crippen molar-refractivity contribution in [2.24, 2.45) is 0 Å². The van der Waals surface area contributed by atoms with E-state index in [1.54, 1.807) is 0 Å². The lowest BCUT2D eigenvalue weighted by Crippen LogP contribution is -2.12. The second-order valence-electron chi connectivity index (χ2n) is 2.68. The number of anilines is 1. The largest absolute Gasteiger partial charge is 0.464 e. The van der Waals surface area contributed by atoms with Gasteiger partial charge in [-0.2, -0.15) is 0 Å². The highest BCUT2D eigenvalue weighted by molar-refractivity contribution is 6.35. The first-order valence-electron chi connectivity index (χ1n) is 3.91. The van der Waals surface area contributed by atoms with E-state index in [9.17, 15) is 18.0 Å². The third kappa shape index (κ3) is 2.04. The van der Waals surface area contributed by atoms with Crippen molar-refractivity contribution in [3.63, 3.8) is 0 Å². The number of carbonyl (C=O) groups excluding carboxylic acids is 1. The van der Waals surface area contributed by atoms with Crippen LogP contribution in [0, 0.1) is 5.82 Å². The molecular formula is C8H6ClF3N2O2. The van der Waals surface area contributed by atoms with Gasteiger partial charge in [0.15, 0.2) is 11.5 Å². The molecule has 1 aromatic heterocycles. The van der Waals surface area contributed by atoms with Crippen LogP contribution in [0.4, 0.5) is 18.9 Å². The first-order valence-corrected chi connectivity index (χ1v) is 4.28. The van der Waals surface area contributed by atoms with Crippen molar-refractivity contribution in [1.82, 2.24) is 4.98 Å². The van der Waals surface area contributed by atoms with Gasteiger partial charge in [0.25, 0.3) is 6.43 Å². The van der Waals surface area contributed by atoms with Gasteiger partial charge in [-0.25, -0.2) is 22.9 Å². The molecule has 0 aliphatic heterocycles. The van der Waals surface area contributed by atoms with E-state index >= 15 is 0 Å². The molecule has 0 aliphatic rings. The molecule has 2 N–H and O–H groups in total. The number of esters is 1. The molecule has 1 heterocycles. The van der Waals surface area contributed by atoms with Gasteiger partial charge in [0.05, 0.1) is 17.8 Å². The van der Waals surface area contributed by atoms with Gasteiger partial charge in [-0.1, -0.05) is 11.6 Å². The fraction of sp³-hybridized carbons (Fsp3) is 0.250. The Bertz CT molecular complexity index is 440. The zero-order valence-corrected chi connectivity index (χ0v) is 8.69. The number of nitrogens with zero attached hydrogens (tertiary/aromatic N) is 1. The summed E-state index contributed by atoms with van der Waals surface area (Å²) in [5, 5.41) is -0.547. The van der Waals surface area contributed by atoms with E-state index in [0.717, 1.165) is 7.11 Å². The topological polar surface area (TPSA) is 65.2 Å². The molecule has 0 aliphatic carbocycles. The Morgan fingerprint density at radius 1 is 1.56 bits per heavy atom. The second kappa shape index (κ2) is 4.56. The average Bonchev–Trinajstić information content (AvgIpc) is 2.25. The van der Waals surface area contributed by atoms with E-state index in [4.69, 9.17) is 17.3 Å². The summed E-state index contributed by atoms with van der Waals surface area (Å²) in [5.41, 5.74) is 2.49. The minimum absolute atomic E-state index is 0.547. The predicted molar refractivity (Wildman–Crippen MR) is 49.9 cm³/mol. The number of rotatable bonds is 2. The summed E-state index contributed by atoms with van der Waals surface area (Å²) in [5.74, 6) is -2.51. The molecule has 0 saturated heterocycles. The maximum atomic E-state index is 13.2. The van der Waals surface area contributed by atoms with Crippen molar-refractivity contribution in [3.8, 4) is 0 Å². The highest BCUT2D eigenvalue weighted by Gasteiger charge is 2.26. The van der Waals surface area contributed by atoms with Gasteiger partial charge in [0.2, 0.25) is 0 Å². The zero-order valence-electron chi connectivity index (χ0n) is 7.93. The van der Waals surface area contributed by atoms with Crippen LogP contribution in [0.15, 0.2) is 0 Å². The molecular weight excluding hydrogens is 249 g/mol. The van der Waals surface area contributed by atoms with Crippen LogP contribution in [-0.2, 0) is 4.74 Å². The Morgan fingerprint density at radius 2 is 2.12 bits per heavy atom. The minimum atomic E-state index is -3.21. The normalized spacial score (nSPS) is 10.6. The van der Waals surface area contributed by atoms with Crippen molar-refractivity contribution >= 4 is 23.3 Å². The molecule has 0 radical (unpaired) electrons. The summed E-state index contributed by atoms with van der Waals surface area (Å²) in [4.78, 5) is 14.2. The second-order valence-corrected chi connectivity index (χ2v) is 3.06. The van der Waals surface area contributed by atoms with Crippen LogP contribution in [0.25, 0.3) is 0 Å². The standard InChI is InChI=1S/C8H6ClF3N2O2/c1-16-8(15)5-2(9)4(13)3(10)6(14-5)7(11)12/h7H,1H3,(H2,13,14). The van der Waals surface area contributed by atoms with Crippen molar-refractivity contribution in [1.29, 1.82) is 0 Å². The fourth-order valence-electron chi connectivity index (χ4n) is 0.957. The number of aromatic nitrogens is 1. The van der Waals surface area contributed by atoms with Crippen molar-refractivity contribution in [3.05, 3.63) is 22.2 Å².